The standard InChI is InChI=1S/C10H21N/c1-4-6-8-11-9-10(3)7-5-2/h8,10H,4-7,9H2,1-3H3. The van der Waals surface area contributed by atoms with Gasteiger partial charge in [0, 0.05) is 6.54 Å². The predicted octanol–water partition coefficient (Wildman–Crippen LogP) is 3.29. The lowest BCUT2D eigenvalue weighted by Crippen LogP contribution is -1.98. The fourth-order valence-electron chi connectivity index (χ4n) is 1.06. The zero-order valence-corrected chi connectivity index (χ0v) is 8.14. The Morgan fingerprint density at radius 2 is 2.00 bits per heavy atom. The van der Waals surface area contributed by atoms with Gasteiger partial charge in [-0.2, -0.15) is 0 Å². The van der Waals surface area contributed by atoms with E-state index in [1.54, 1.807) is 0 Å². The SMILES string of the molecule is CCCC=NCC(C)CCC. The van der Waals surface area contributed by atoms with Crippen LogP contribution in [0.3, 0.4) is 0 Å². The van der Waals surface area contributed by atoms with E-state index in [-0.39, 0.29) is 0 Å². The fourth-order valence-corrected chi connectivity index (χ4v) is 1.06. The number of hydrogen-bond acceptors (Lipinski definition) is 1. The summed E-state index contributed by atoms with van der Waals surface area (Å²) in [5.74, 6) is 0.771. The molecule has 0 aromatic rings. The molecule has 0 bridgehead atoms. The minimum Gasteiger partial charge on any atom is -0.297 e. The van der Waals surface area contributed by atoms with Crippen LogP contribution >= 0.6 is 0 Å². The Morgan fingerprint density at radius 3 is 2.55 bits per heavy atom. The molecule has 0 rings (SSSR count). The molecule has 1 heteroatoms. The van der Waals surface area contributed by atoms with Crippen LogP contribution in [0, 0.1) is 5.92 Å². The molecule has 11 heavy (non-hydrogen) atoms. The average Bonchev–Trinajstić information content (AvgIpc) is 1.99. The van der Waals surface area contributed by atoms with Gasteiger partial charge < -0.3 is 0 Å². The Kier molecular flexibility index (Phi) is 7.54. The molecule has 0 spiro atoms. The monoisotopic (exact) mass is 155 g/mol. The third-order valence-corrected chi connectivity index (χ3v) is 1.75. The van der Waals surface area contributed by atoms with Crippen molar-refractivity contribution >= 4 is 6.21 Å². The topological polar surface area (TPSA) is 12.4 Å². The Bertz CT molecular complexity index is 97.0. The minimum atomic E-state index is 0.771. The Labute approximate surface area is 70.9 Å². The molecule has 0 aliphatic carbocycles. The van der Waals surface area contributed by atoms with E-state index in [4.69, 9.17) is 0 Å². The van der Waals surface area contributed by atoms with Gasteiger partial charge in [0.25, 0.3) is 0 Å². The molecule has 1 unspecified atom stereocenters. The smallest absolute Gasteiger partial charge is 0.0411 e. The maximum atomic E-state index is 4.35. The average molecular weight is 155 g/mol. The molecule has 0 aromatic heterocycles. The summed E-state index contributed by atoms with van der Waals surface area (Å²) in [6, 6.07) is 0. The van der Waals surface area contributed by atoms with Gasteiger partial charge in [-0.05, 0) is 25.0 Å². The quantitative estimate of drug-likeness (QED) is 0.522. The van der Waals surface area contributed by atoms with E-state index in [1.165, 1.54) is 19.3 Å². The Hall–Kier alpha value is -0.330. The van der Waals surface area contributed by atoms with Crippen molar-refractivity contribution in [2.24, 2.45) is 10.9 Å². The van der Waals surface area contributed by atoms with Gasteiger partial charge in [-0.1, -0.05) is 33.6 Å². The molecular weight excluding hydrogens is 134 g/mol. The molecular formula is C10H21N. The normalized spacial score (nSPS) is 14.1. The molecule has 0 N–H and O–H groups in total. The number of unbranched alkanes of at least 4 members (excludes halogenated alkanes) is 1. The second-order valence-corrected chi connectivity index (χ2v) is 3.23. The van der Waals surface area contributed by atoms with E-state index in [0.717, 1.165) is 18.9 Å². The van der Waals surface area contributed by atoms with E-state index in [9.17, 15) is 0 Å². The summed E-state index contributed by atoms with van der Waals surface area (Å²) in [5, 5.41) is 0. The van der Waals surface area contributed by atoms with Gasteiger partial charge in [0.05, 0.1) is 0 Å². The first-order valence-electron chi connectivity index (χ1n) is 4.79. The van der Waals surface area contributed by atoms with Gasteiger partial charge in [0.15, 0.2) is 0 Å². The zero-order valence-electron chi connectivity index (χ0n) is 8.14. The first-order valence-corrected chi connectivity index (χ1v) is 4.79. The van der Waals surface area contributed by atoms with E-state index in [2.05, 4.69) is 32.0 Å². The third-order valence-electron chi connectivity index (χ3n) is 1.75. The minimum absolute atomic E-state index is 0.771. The molecule has 0 fully saturated rings. The highest BCUT2D eigenvalue weighted by Gasteiger charge is 1.96. The first-order chi connectivity index (χ1) is 5.31. The lowest BCUT2D eigenvalue weighted by Gasteiger charge is -2.04. The van der Waals surface area contributed by atoms with Crippen LogP contribution < -0.4 is 0 Å². The van der Waals surface area contributed by atoms with Crippen LogP contribution in [-0.2, 0) is 0 Å². The van der Waals surface area contributed by atoms with Crippen LogP contribution in [0.5, 0.6) is 0 Å². The molecule has 66 valence electrons. The molecule has 0 amide bonds. The Morgan fingerprint density at radius 1 is 1.27 bits per heavy atom. The summed E-state index contributed by atoms with van der Waals surface area (Å²) in [6.45, 7) is 7.70. The molecule has 0 saturated carbocycles. The summed E-state index contributed by atoms with van der Waals surface area (Å²) >= 11 is 0. The lowest BCUT2D eigenvalue weighted by molar-refractivity contribution is 0.538. The Balaban J connectivity index is 3.21. The third kappa shape index (κ3) is 7.57. The predicted molar refractivity (Wildman–Crippen MR) is 52.3 cm³/mol. The van der Waals surface area contributed by atoms with Gasteiger partial charge in [-0.3, -0.25) is 4.99 Å². The summed E-state index contributed by atoms with van der Waals surface area (Å²) in [4.78, 5) is 4.35. The van der Waals surface area contributed by atoms with E-state index in [1.807, 2.05) is 0 Å². The second-order valence-electron chi connectivity index (χ2n) is 3.23. The van der Waals surface area contributed by atoms with Crippen LogP contribution in [0.15, 0.2) is 4.99 Å². The van der Waals surface area contributed by atoms with Crippen LogP contribution in [0.4, 0.5) is 0 Å². The molecule has 1 atom stereocenters. The summed E-state index contributed by atoms with van der Waals surface area (Å²) < 4.78 is 0. The highest BCUT2D eigenvalue weighted by molar-refractivity contribution is 5.56. The van der Waals surface area contributed by atoms with E-state index >= 15 is 0 Å². The lowest BCUT2D eigenvalue weighted by atomic mass is 10.1. The van der Waals surface area contributed by atoms with Gasteiger partial charge in [0.2, 0.25) is 0 Å². The van der Waals surface area contributed by atoms with Crippen molar-refractivity contribution < 1.29 is 0 Å². The number of aliphatic imine (C=N–C) groups is 1. The van der Waals surface area contributed by atoms with Gasteiger partial charge in [-0.15, -0.1) is 0 Å². The number of rotatable bonds is 6. The van der Waals surface area contributed by atoms with Crippen LogP contribution in [0.1, 0.15) is 46.5 Å². The summed E-state index contributed by atoms with van der Waals surface area (Å²) in [5.41, 5.74) is 0. The fraction of sp³-hybridized carbons (Fsp3) is 0.900. The highest BCUT2D eigenvalue weighted by atomic mass is 14.7. The van der Waals surface area contributed by atoms with Crippen molar-refractivity contribution in [3.8, 4) is 0 Å². The number of nitrogens with zero attached hydrogens (tertiary/aromatic N) is 1. The largest absolute Gasteiger partial charge is 0.297 e. The maximum Gasteiger partial charge on any atom is 0.0411 e. The molecule has 0 saturated heterocycles. The molecule has 1 nitrogen and oxygen atoms in total. The van der Waals surface area contributed by atoms with Crippen molar-refractivity contribution in [2.45, 2.75) is 46.5 Å². The van der Waals surface area contributed by atoms with Crippen molar-refractivity contribution in [3.63, 3.8) is 0 Å². The molecule has 0 radical (unpaired) electrons. The molecule has 0 aliphatic heterocycles. The van der Waals surface area contributed by atoms with Gasteiger partial charge >= 0.3 is 0 Å². The van der Waals surface area contributed by atoms with Crippen molar-refractivity contribution in [1.29, 1.82) is 0 Å². The maximum absolute atomic E-state index is 4.35. The van der Waals surface area contributed by atoms with Crippen molar-refractivity contribution in [2.75, 3.05) is 6.54 Å². The highest BCUT2D eigenvalue weighted by Crippen LogP contribution is 2.04. The molecule has 0 heterocycles. The van der Waals surface area contributed by atoms with Crippen molar-refractivity contribution in [1.82, 2.24) is 0 Å². The van der Waals surface area contributed by atoms with E-state index in [0.29, 0.717) is 0 Å². The summed E-state index contributed by atoms with van der Waals surface area (Å²) in [7, 11) is 0. The zero-order chi connectivity index (χ0) is 8.53. The van der Waals surface area contributed by atoms with Crippen LogP contribution in [-0.4, -0.2) is 12.8 Å². The second kappa shape index (κ2) is 7.77. The van der Waals surface area contributed by atoms with Crippen LogP contribution in [0.2, 0.25) is 0 Å². The molecule has 0 aromatic carbocycles. The van der Waals surface area contributed by atoms with Gasteiger partial charge in [0.1, 0.15) is 0 Å². The summed E-state index contributed by atoms with van der Waals surface area (Å²) in [6.07, 6.45) is 7.00. The van der Waals surface area contributed by atoms with E-state index < -0.39 is 0 Å². The first kappa shape index (κ1) is 10.7. The van der Waals surface area contributed by atoms with Crippen molar-refractivity contribution in [3.05, 3.63) is 0 Å². The van der Waals surface area contributed by atoms with Gasteiger partial charge in [-0.25, -0.2) is 0 Å². The molecule has 0 aliphatic rings. The number of hydrogen-bond donors (Lipinski definition) is 0. The van der Waals surface area contributed by atoms with Crippen LogP contribution in [0.25, 0.3) is 0 Å².